The van der Waals surface area contributed by atoms with Crippen LogP contribution in [0.2, 0.25) is 0 Å². The first-order chi connectivity index (χ1) is 14.4. The van der Waals surface area contributed by atoms with Crippen LogP contribution in [0.25, 0.3) is 11.1 Å². The molecule has 0 radical (unpaired) electrons. The van der Waals surface area contributed by atoms with Crippen molar-refractivity contribution in [1.82, 2.24) is 14.8 Å². The summed E-state index contributed by atoms with van der Waals surface area (Å²) in [6.45, 7) is 5.87. The topological polar surface area (TPSA) is 89.1 Å². The molecule has 1 fully saturated rings. The maximum Gasteiger partial charge on any atom is 0.276 e. The monoisotopic (exact) mass is 404 g/mol. The molecule has 30 heavy (non-hydrogen) atoms. The number of aryl methyl sites for hydroxylation is 3. The second kappa shape index (κ2) is 8.28. The van der Waals surface area contributed by atoms with Crippen LogP contribution in [0.3, 0.4) is 0 Å². The fourth-order valence-corrected chi connectivity index (χ4v) is 4.07. The number of carbonyl (C=O) groups is 1. The molecule has 0 saturated carbocycles. The van der Waals surface area contributed by atoms with Gasteiger partial charge in [-0.3, -0.25) is 14.5 Å². The smallest absolute Gasteiger partial charge is 0.276 e. The molecule has 156 valence electrons. The summed E-state index contributed by atoms with van der Waals surface area (Å²) in [6, 6.07) is 8.40. The molecule has 0 bridgehead atoms. The third-order valence-electron chi connectivity index (χ3n) is 5.50. The summed E-state index contributed by atoms with van der Waals surface area (Å²) < 4.78 is 1.62. The molecular weight excluding hydrogens is 376 g/mol. The maximum absolute atomic E-state index is 12.8. The predicted octanol–water partition coefficient (Wildman–Crippen LogP) is 3.28. The molecule has 3 N–H and O–H groups in total. The number of benzene rings is 1. The molecule has 3 heterocycles. The summed E-state index contributed by atoms with van der Waals surface area (Å²) in [4.78, 5) is 19.6. The van der Waals surface area contributed by atoms with Crippen molar-refractivity contribution in [1.29, 1.82) is 0 Å². The number of pyridine rings is 1. The summed E-state index contributed by atoms with van der Waals surface area (Å²) in [6.07, 6.45) is 7.20. The van der Waals surface area contributed by atoms with Gasteiger partial charge >= 0.3 is 0 Å². The number of piperidine rings is 1. The molecule has 1 aromatic carbocycles. The number of hydrogen-bond donors (Lipinski definition) is 2. The van der Waals surface area contributed by atoms with Crippen LogP contribution in [0, 0.1) is 13.8 Å². The Balaban J connectivity index is 1.78. The molecule has 4 rings (SSSR count). The second-order valence-corrected chi connectivity index (χ2v) is 8.11. The Morgan fingerprint density at radius 1 is 1.13 bits per heavy atom. The van der Waals surface area contributed by atoms with Crippen LogP contribution in [0.1, 0.15) is 34.5 Å². The van der Waals surface area contributed by atoms with Gasteiger partial charge in [0.2, 0.25) is 0 Å². The molecule has 1 aliphatic rings. The number of amides is 1. The van der Waals surface area contributed by atoms with Gasteiger partial charge in [-0.1, -0.05) is 29.3 Å². The first-order valence-corrected chi connectivity index (χ1v) is 10.3. The van der Waals surface area contributed by atoms with Crippen molar-refractivity contribution in [3.8, 4) is 11.1 Å². The van der Waals surface area contributed by atoms with Crippen molar-refractivity contribution in [2.24, 2.45) is 12.8 Å². The third kappa shape index (κ3) is 4.21. The Labute approximate surface area is 176 Å². The van der Waals surface area contributed by atoms with Crippen LogP contribution in [-0.2, 0) is 7.05 Å². The number of hydrogen-bond acceptors (Lipinski definition) is 5. The van der Waals surface area contributed by atoms with Crippen LogP contribution >= 0.6 is 0 Å². The molecule has 3 aromatic rings. The molecule has 0 spiro atoms. The van der Waals surface area contributed by atoms with E-state index in [-0.39, 0.29) is 11.9 Å². The van der Waals surface area contributed by atoms with Crippen molar-refractivity contribution in [2.75, 3.05) is 23.3 Å². The molecule has 0 unspecified atom stereocenters. The van der Waals surface area contributed by atoms with Crippen LogP contribution < -0.4 is 16.0 Å². The summed E-state index contributed by atoms with van der Waals surface area (Å²) in [7, 11) is 1.79. The molecule has 7 heteroatoms. The lowest BCUT2D eigenvalue weighted by Crippen LogP contribution is -2.40. The van der Waals surface area contributed by atoms with Gasteiger partial charge in [0, 0.05) is 44.1 Å². The van der Waals surface area contributed by atoms with Crippen molar-refractivity contribution in [3.05, 3.63) is 59.7 Å². The van der Waals surface area contributed by atoms with E-state index in [1.165, 1.54) is 11.1 Å². The van der Waals surface area contributed by atoms with E-state index in [2.05, 4.69) is 52.3 Å². The van der Waals surface area contributed by atoms with Gasteiger partial charge in [-0.2, -0.15) is 5.10 Å². The van der Waals surface area contributed by atoms with Gasteiger partial charge in [-0.25, -0.2) is 0 Å². The van der Waals surface area contributed by atoms with Gasteiger partial charge in [0.1, 0.15) is 0 Å². The lowest BCUT2D eigenvalue weighted by Gasteiger charge is -2.34. The van der Waals surface area contributed by atoms with Crippen molar-refractivity contribution < 1.29 is 4.79 Å². The zero-order valence-corrected chi connectivity index (χ0v) is 17.7. The molecule has 2 aromatic heterocycles. The standard InChI is InChI=1S/C23H28N6O/c1-15-10-16(2)12-17(11-15)19-13-25-14-21(22(19)29-8-4-18(24)5-9-29)26-23(30)20-6-7-28(3)27-20/h6-7,10-14,18H,4-5,8-9,24H2,1-3H3,(H,26,30). The normalized spacial score (nSPS) is 14.7. The minimum absolute atomic E-state index is 0.222. The fourth-order valence-electron chi connectivity index (χ4n) is 4.07. The molecule has 1 saturated heterocycles. The van der Waals surface area contributed by atoms with Gasteiger partial charge in [0.05, 0.1) is 17.6 Å². The largest absolute Gasteiger partial charge is 0.369 e. The number of rotatable bonds is 4. The fraction of sp³-hybridized carbons (Fsp3) is 0.348. The van der Waals surface area contributed by atoms with Crippen molar-refractivity contribution in [3.63, 3.8) is 0 Å². The molecule has 1 amide bonds. The van der Waals surface area contributed by atoms with E-state index in [1.807, 2.05) is 6.20 Å². The van der Waals surface area contributed by atoms with E-state index in [1.54, 1.807) is 30.2 Å². The Morgan fingerprint density at radius 2 is 1.83 bits per heavy atom. The SMILES string of the molecule is Cc1cc(C)cc(-c2cncc(NC(=O)c3ccn(C)n3)c2N2CCC(N)CC2)c1. The molecule has 7 nitrogen and oxygen atoms in total. The summed E-state index contributed by atoms with van der Waals surface area (Å²) in [5.41, 5.74) is 12.7. The third-order valence-corrected chi connectivity index (χ3v) is 5.50. The maximum atomic E-state index is 12.8. The Bertz CT molecular complexity index is 1050. The van der Waals surface area contributed by atoms with E-state index < -0.39 is 0 Å². The van der Waals surface area contributed by atoms with Crippen LogP contribution in [-0.4, -0.2) is 39.8 Å². The zero-order chi connectivity index (χ0) is 21.3. The Hall–Kier alpha value is -3.19. The number of anilines is 2. The minimum atomic E-state index is -0.245. The van der Waals surface area contributed by atoms with E-state index in [0.717, 1.165) is 42.7 Å². The van der Waals surface area contributed by atoms with Gasteiger partial charge in [0.25, 0.3) is 5.91 Å². The quantitative estimate of drug-likeness (QED) is 0.697. The number of carbonyl (C=O) groups excluding carboxylic acids is 1. The van der Waals surface area contributed by atoms with Crippen molar-refractivity contribution >= 4 is 17.3 Å². The van der Waals surface area contributed by atoms with E-state index >= 15 is 0 Å². The van der Waals surface area contributed by atoms with E-state index in [4.69, 9.17) is 5.73 Å². The van der Waals surface area contributed by atoms with E-state index in [9.17, 15) is 4.79 Å². The van der Waals surface area contributed by atoms with Crippen LogP contribution in [0.4, 0.5) is 11.4 Å². The number of aromatic nitrogens is 3. The first-order valence-electron chi connectivity index (χ1n) is 10.3. The minimum Gasteiger partial charge on any atom is -0.369 e. The van der Waals surface area contributed by atoms with Crippen LogP contribution in [0.15, 0.2) is 42.9 Å². The predicted molar refractivity (Wildman–Crippen MR) is 120 cm³/mol. The average molecular weight is 405 g/mol. The highest BCUT2D eigenvalue weighted by molar-refractivity contribution is 6.06. The number of nitrogens with two attached hydrogens (primary N) is 1. The molecule has 0 atom stereocenters. The Kier molecular flexibility index (Phi) is 5.55. The highest BCUT2D eigenvalue weighted by Gasteiger charge is 2.24. The first kappa shape index (κ1) is 20.1. The lowest BCUT2D eigenvalue weighted by molar-refractivity contribution is 0.102. The van der Waals surface area contributed by atoms with Crippen LogP contribution in [0.5, 0.6) is 0 Å². The van der Waals surface area contributed by atoms with Gasteiger partial charge < -0.3 is 16.0 Å². The lowest BCUT2D eigenvalue weighted by atomic mass is 9.98. The molecule has 0 aliphatic carbocycles. The summed E-state index contributed by atoms with van der Waals surface area (Å²) in [5.74, 6) is -0.245. The average Bonchev–Trinajstić information content (AvgIpc) is 3.14. The van der Waals surface area contributed by atoms with Gasteiger partial charge in [-0.05, 0) is 38.3 Å². The van der Waals surface area contributed by atoms with Gasteiger partial charge in [0.15, 0.2) is 5.69 Å². The molecular formula is C23H28N6O. The highest BCUT2D eigenvalue weighted by atomic mass is 16.2. The second-order valence-electron chi connectivity index (χ2n) is 8.11. The van der Waals surface area contributed by atoms with Gasteiger partial charge in [-0.15, -0.1) is 0 Å². The molecule has 1 aliphatic heterocycles. The zero-order valence-electron chi connectivity index (χ0n) is 17.7. The van der Waals surface area contributed by atoms with E-state index in [0.29, 0.717) is 11.4 Å². The Morgan fingerprint density at radius 3 is 2.47 bits per heavy atom. The number of nitrogens with one attached hydrogen (secondary N) is 1. The van der Waals surface area contributed by atoms with Crippen molar-refractivity contribution in [2.45, 2.75) is 32.7 Å². The highest BCUT2D eigenvalue weighted by Crippen LogP contribution is 2.38. The number of nitrogens with zero attached hydrogens (tertiary/aromatic N) is 4. The summed E-state index contributed by atoms with van der Waals surface area (Å²) in [5, 5.41) is 7.25. The summed E-state index contributed by atoms with van der Waals surface area (Å²) >= 11 is 0.